The van der Waals surface area contributed by atoms with Gasteiger partial charge in [-0.05, 0) is 19.2 Å². The van der Waals surface area contributed by atoms with E-state index >= 15 is 0 Å². The Morgan fingerprint density at radius 2 is 2.05 bits per heavy atom. The van der Waals surface area contributed by atoms with Crippen molar-refractivity contribution in [3.63, 3.8) is 0 Å². The van der Waals surface area contributed by atoms with E-state index in [-0.39, 0.29) is 5.69 Å². The highest BCUT2D eigenvalue weighted by atomic mass is 32.2. The van der Waals surface area contributed by atoms with Gasteiger partial charge in [-0.3, -0.25) is 9.89 Å². The van der Waals surface area contributed by atoms with Gasteiger partial charge in [-0.25, -0.2) is 4.79 Å². The largest absolute Gasteiger partial charge is 0.480 e. The van der Waals surface area contributed by atoms with Crippen LogP contribution < -0.4 is 5.32 Å². The normalized spacial score (nSPS) is 11.9. The van der Waals surface area contributed by atoms with E-state index in [0.29, 0.717) is 11.4 Å². The van der Waals surface area contributed by atoms with Crippen molar-refractivity contribution < 1.29 is 14.7 Å². The molecule has 116 valence electrons. The molecule has 22 heavy (non-hydrogen) atoms. The van der Waals surface area contributed by atoms with Crippen molar-refractivity contribution in [2.75, 3.05) is 12.0 Å². The van der Waals surface area contributed by atoms with Gasteiger partial charge < -0.3 is 10.4 Å². The smallest absolute Gasteiger partial charge is 0.327 e. The standard InChI is InChI=1S/C15H17N3O3S/c1-9-3-5-10(6-4-9)11-7-12(18-17-11)14(19)16-13(8-22-2)15(20)21/h3-7,13H,8H2,1-2H3,(H,16,19)(H,17,18)(H,20,21). The third kappa shape index (κ3) is 3.88. The molecule has 1 atom stereocenters. The molecule has 1 amide bonds. The van der Waals surface area contributed by atoms with Crippen molar-refractivity contribution in [2.45, 2.75) is 13.0 Å². The number of aryl methyl sites for hydroxylation is 1. The molecule has 2 aromatic rings. The van der Waals surface area contributed by atoms with E-state index in [0.717, 1.165) is 11.1 Å². The second kappa shape index (κ2) is 7.13. The van der Waals surface area contributed by atoms with Crippen LogP contribution in [0.25, 0.3) is 11.3 Å². The number of H-pyrrole nitrogens is 1. The highest BCUT2D eigenvalue weighted by Crippen LogP contribution is 2.18. The summed E-state index contributed by atoms with van der Waals surface area (Å²) in [6.45, 7) is 1.99. The molecule has 0 saturated heterocycles. The van der Waals surface area contributed by atoms with Crippen molar-refractivity contribution in [1.29, 1.82) is 0 Å². The highest BCUT2D eigenvalue weighted by Gasteiger charge is 2.21. The summed E-state index contributed by atoms with van der Waals surface area (Å²) in [6.07, 6.45) is 1.79. The number of thioether (sulfide) groups is 1. The Bertz CT molecular complexity index is 667. The van der Waals surface area contributed by atoms with Gasteiger partial charge in [-0.2, -0.15) is 16.9 Å². The number of carboxylic acid groups (broad SMARTS) is 1. The van der Waals surface area contributed by atoms with E-state index in [1.807, 2.05) is 31.2 Å². The summed E-state index contributed by atoms with van der Waals surface area (Å²) in [6, 6.07) is 8.44. The Balaban J connectivity index is 2.11. The molecule has 0 radical (unpaired) electrons. The Kier molecular flexibility index (Phi) is 5.21. The fraction of sp³-hybridized carbons (Fsp3) is 0.267. The van der Waals surface area contributed by atoms with Crippen LogP contribution >= 0.6 is 11.8 Å². The summed E-state index contributed by atoms with van der Waals surface area (Å²) in [5.41, 5.74) is 2.91. The predicted octanol–water partition coefficient (Wildman–Crippen LogP) is 1.93. The third-order valence-electron chi connectivity index (χ3n) is 3.11. The molecule has 1 aromatic carbocycles. The second-order valence-electron chi connectivity index (χ2n) is 4.85. The van der Waals surface area contributed by atoms with Crippen LogP contribution in [-0.4, -0.2) is 45.2 Å². The van der Waals surface area contributed by atoms with Crippen molar-refractivity contribution in [3.8, 4) is 11.3 Å². The molecule has 0 fully saturated rings. The van der Waals surface area contributed by atoms with Gasteiger partial charge in [0.05, 0.1) is 5.69 Å². The van der Waals surface area contributed by atoms with Gasteiger partial charge in [0.2, 0.25) is 0 Å². The fourth-order valence-corrected chi connectivity index (χ4v) is 2.45. The fourth-order valence-electron chi connectivity index (χ4n) is 1.89. The monoisotopic (exact) mass is 319 g/mol. The van der Waals surface area contributed by atoms with Crippen LogP contribution in [-0.2, 0) is 4.79 Å². The number of aromatic amines is 1. The van der Waals surface area contributed by atoms with Crippen LogP contribution in [0.15, 0.2) is 30.3 Å². The average Bonchev–Trinajstić information content (AvgIpc) is 2.97. The maximum atomic E-state index is 12.1. The molecule has 0 aliphatic heterocycles. The lowest BCUT2D eigenvalue weighted by atomic mass is 10.1. The van der Waals surface area contributed by atoms with E-state index in [2.05, 4.69) is 15.5 Å². The number of hydrogen-bond donors (Lipinski definition) is 3. The van der Waals surface area contributed by atoms with Gasteiger partial charge in [0.1, 0.15) is 11.7 Å². The first-order valence-electron chi connectivity index (χ1n) is 6.66. The number of benzene rings is 1. The number of carboxylic acids is 1. The quantitative estimate of drug-likeness (QED) is 0.756. The molecule has 6 nitrogen and oxygen atoms in total. The SMILES string of the molecule is CSCC(NC(=O)c1cc(-c2ccc(C)cc2)n[nH]1)C(=O)O. The molecule has 1 unspecified atom stereocenters. The molecule has 3 N–H and O–H groups in total. The number of aromatic nitrogens is 2. The third-order valence-corrected chi connectivity index (χ3v) is 3.77. The van der Waals surface area contributed by atoms with E-state index in [9.17, 15) is 9.59 Å². The number of amides is 1. The summed E-state index contributed by atoms with van der Waals surface area (Å²) in [4.78, 5) is 23.1. The Morgan fingerprint density at radius 1 is 1.36 bits per heavy atom. The van der Waals surface area contributed by atoms with Gasteiger partial charge in [0.25, 0.3) is 5.91 Å². The predicted molar refractivity (Wildman–Crippen MR) is 86.0 cm³/mol. The first kappa shape index (κ1) is 16.1. The molecule has 0 aliphatic carbocycles. The minimum atomic E-state index is -1.05. The first-order chi connectivity index (χ1) is 10.5. The van der Waals surface area contributed by atoms with Gasteiger partial charge in [-0.15, -0.1) is 0 Å². The summed E-state index contributed by atoms with van der Waals surface area (Å²) in [7, 11) is 0. The lowest BCUT2D eigenvalue weighted by Gasteiger charge is -2.11. The maximum absolute atomic E-state index is 12.1. The first-order valence-corrected chi connectivity index (χ1v) is 8.05. The number of hydrogen-bond acceptors (Lipinski definition) is 4. The van der Waals surface area contributed by atoms with Crippen LogP contribution in [0.3, 0.4) is 0 Å². The molecule has 0 bridgehead atoms. The average molecular weight is 319 g/mol. The van der Waals surface area contributed by atoms with Crippen molar-refractivity contribution in [1.82, 2.24) is 15.5 Å². The topological polar surface area (TPSA) is 95.1 Å². The second-order valence-corrected chi connectivity index (χ2v) is 5.76. The van der Waals surface area contributed by atoms with Crippen molar-refractivity contribution in [2.24, 2.45) is 0 Å². The van der Waals surface area contributed by atoms with Gasteiger partial charge >= 0.3 is 5.97 Å². The molecule has 0 aliphatic rings. The number of nitrogens with one attached hydrogen (secondary N) is 2. The van der Waals surface area contributed by atoms with Crippen LogP contribution in [0.1, 0.15) is 16.1 Å². The summed E-state index contributed by atoms with van der Waals surface area (Å²) < 4.78 is 0. The molecule has 0 spiro atoms. The molecular formula is C15H17N3O3S. The van der Waals surface area contributed by atoms with Gasteiger partial charge in [-0.1, -0.05) is 29.8 Å². The van der Waals surface area contributed by atoms with E-state index < -0.39 is 17.9 Å². The van der Waals surface area contributed by atoms with Crippen molar-refractivity contribution in [3.05, 3.63) is 41.6 Å². The minimum absolute atomic E-state index is 0.239. The Hall–Kier alpha value is -2.28. The molecular weight excluding hydrogens is 302 g/mol. The van der Waals surface area contributed by atoms with Gasteiger partial charge in [0.15, 0.2) is 0 Å². The van der Waals surface area contributed by atoms with Crippen LogP contribution in [0, 0.1) is 6.92 Å². The lowest BCUT2D eigenvalue weighted by Crippen LogP contribution is -2.42. The van der Waals surface area contributed by atoms with E-state index in [1.165, 1.54) is 11.8 Å². The van der Waals surface area contributed by atoms with Crippen LogP contribution in [0.4, 0.5) is 0 Å². The minimum Gasteiger partial charge on any atom is -0.480 e. The van der Waals surface area contributed by atoms with Crippen molar-refractivity contribution >= 4 is 23.6 Å². The Labute approximate surface area is 132 Å². The summed E-state index contributed by atoms with van der Waals surface area (Å²) in [5.74, 6) is -1.23. The summed E-state index contributed by atoms with van der Waals surface area (Å²) in [5, 5.41) is 18.3. The Morgan fingerprint density at radius 3 is 2.64 bits per heavy atom. The number of carbonyl (C=O) groups excluding carboxylic acids is 1. The van der Waals surface area contributed by atoms with E-state index in [1.54, 1.807) is 12.3 Å². The number of carbonyl (C=O) groups is 2. The molecule has 2 rings (SSSR count). The number of rotatable bonds is 6. The molecule has 7 heteroatoms. The van der Waals surface area contributed by atoms with Crippen LogP contribution in [0.5, 0.6) is 0 Å². The summed E-state index contributed by atoms with van der Waals surface area (Å²) >= 11 is 1.36. The lowest BCUT2D eigenvalue weighted by molar-refractivity contribution is -0.138. The van der Waals surface area contributed by atoms with E-state index in [4.69, 9.17) is 5.11 Å². The molecule has 0 saturated carbocycles. The van der Waals surface area contributed by atoms with Gasteiger partial charge in [0, 0.05) is 11.3 Å². The zero-order chi connectivity index (χ0) is 16.1. The highest BCUT2D eigenvalue weighted by molar-refractivity contribution is 7.98. The maximum Gasteiger partial charge on any atom is 0.327 e. The van der Waals surface area contributed by atoms with Crippen LogP contribution in [0.2, 0.25) is 0 Å². The number of nitrogens with zero attached hydrogens (tertiary/aromatic N) is 1. The molecule has 1 aromatic heterocycles. The zero-order valence-corrected chi connectivity index (χ0v) is 13.1. The molecule has 1 heterocycles. The zero-order valence-electron chi connectivity index (χ0n) is 12.3. The number of aliphatic carboxylic acids is 1.